The third-order valence-corrected chi connectivity index (χ3v) is 4.09. The molecule has 5 nitrogen and oxygen atoms in total. The highest BCUT2D eigenvalue weighted by Crippen LogP contribution is 2.39. The molecule has 24 heavy (non-hydrogen) atoms. The van der Waals surface area contributed by atoms with Crippen molar-refractivity contribution >= 4 is 50.5 Å². The van der Waals surface area contributed by atoms with E-state index in [2.05, 4.69) is 9.98 Å². The number of phenols is 1. The van der Waals surface area contributed by atoms with Crippen LogP contribution >= 0.6 is 11.6 Å². The SMILES string of the molecule is CC(=O)N=c1cccc2c1c(O)c(Cl)c1oc3ccccc3nc12. The van der Waals surface area contributed by atoms with E-state index < -0.39 is 0 Å². The first-order chi connectivity index (χ1) is 11.6. The monoisotopic (exact) mass is 338 g/mol. The van der Waals surface area contributed by atoms with Crippen LogP contribution in [0.5, 0.6) is 5.75 Å². The second-order valence-electron chi connectivity index (χ2n) is 5.35. The highest BCUT2D eigenvalue weighted by Gasteiger charge is 2.17. The highest BCUT2D eigenvalue weighted by molar-refractivity contribution is 6.38. The summed E-state index contributed by atoms with van der Waals surface area (Å²) in [4.78, 5) is 19.9. The molecule has 4 aromatic rings. The zero-order valence-electron chi connectivity index (χ0n) is 12.6. The van der Waals surface area contributed by atoms with E-state index in [-0.39, 0.29) is 16.7 Å². The zero-order chi connectivity index (χ0) is 16.8. The molecule has 0 saturated carbocycles. The molecule has 0 bridgehead atoms. The van der Waals surface area contributed by atoms with E-state index in [4.69, 9.17) is 16.0 Å². The number of aromatic hydroxyl groups is 1. The van der Waals surface area contributed by atoms with E-state index in [1.165, 1.54) is 6.92 Å². The molecular weight excluding hydrogens is 328 g/mol. The molecule has 0 atom stereocenters. The molecule has 0 spiro atoms. The van der Waals surface area contributed by atoms with Crippen molar-refractivity contribution < 1.29 is 14.3 Å². The first-order valence-electron chi connectivity index (χ1n) is 7.24. The average molecular weight is 339 g/mol. The number of benzene rings is 3. The van der Waals surface area contributed by atoms with E-state index in [9.17, 15) is 9.90 Å². The summed E-state index contributed by atoms with van der Waals surface area (Å²) < 4.78 is 5.83. The molecule has 6 heteroatoms. The molecule has 4 rings (SSSR count). The van der Waals surface area contributed by atoms with Crippen molar-refractivity contribution in [3.8, 4) is 5.75 Å². The van der Waals surface area contributed by atoms with Gasteiger partial charge in [-0.25, -0.2) is 9.98 Å². The number of aromatic nitrogens is 1. The topological polar surface area (TPSA) is 75.7 Å². The Morgan fingerprint density at radius 2 is 2.00 bits per heavy atom. The fourth-order valence-electron chi connectivity index (χ4n) is 2.76. The van der Waals surface area contributed by atoms with Crippen molar-refractivity contribution in [1.82, 2.24) is 4.98 Å². The number of carbonyl (C=O) groups is 1. The number of carbonyl (C=O) groups excluding carboxylic acids is 1. The smallest absolute Gasteiger partial charge is 0.243 e. The van der Waals surface area contributed by atoms with Crippen LogP contribution in [-0.4, -0.2) is 16.0 Å². The summed E-state index contributed by atoms with van der Waals surface area (Å²) in [6.45, 7) is 1.35. The maximum atomic E-state index is 11.4. The lowest BCUT2D eigenvalue weighted by atomic mass is 10.1. The van der Waals surface area contributed by atoms with Gasteiger partial charge in [-0.15, -0.1) is 0 Å². The number of halogens is 1. The van der Waals surface area contributed by atoms with Gasteiger partial charge in [0.05, 0.1) is 10.7 Å². The first-order valence-corrected chi connectivity index (χ1v) is 7.62. The quantitative estimate of drug-likeness (QED) is 0.389. The summed E-state index contributed by atoms with van der Waals surface area (Å²) in [7, 11) is 0. The number of phenolic OH excluding ortho intramolecular Hbond substituents is 1. The van der Waals surface area contributed by atoms with Gasteiger partial charge in [0.2, 0.25) is 5.91 Å². The van der Waals surface area contributed by atoms with Crippen LogP contribution in [0, 0.1) is 0 Å². The van der Waals surface area contributed by atoms with Crippen LogP contribution in [0.4, 0.5) is 0 Å². The summed E-state index contributed by atoms with van der Waals surface area (Å²) in [6, 6.07) is 12.5. The Bertz CT molecular complexity index is 1210. The van der Waals surface area contributed by atoms with Crippen LogP contribution in [0.1, 0.15) is 6.92 Å². The molecular formula is C18H11ClN2O3. The van der Waals surface area contributed by atoms with Crippen LogP contribution in [0.15, 0.2) is 51.9 Å². The minimum absolute atomic E-state index is 0.0435. The van der Waals surface area contributed by atoms with Crippen molar-refractivity contribution in [2.24, 2.45) is 4.99 Å². The summed E-state index contributed by atoms with van der Waals surface area (Å²) >= 11 is 6.30. The van der Waals surface area contributed by atoms with Crippen LogP contribution in [0.2, 0.25) is 5.02 Å². The molecule has 0 unspecified atom stereocenters. The average Bonchev–Trinajstić information content (AvgIpc) is 2.58. The highest BCUT2D eigenvalue weighted by atomic mass is 35.5. The predicted molar refractivity (Wildman–Crippen MR) is 91.9 cm³/mol. The third kappa shape index (κ3) is 2.13. The molecule has 1 aromatic heterocycles. The van der Waals surface area contributed by atoms with Crippen molar-refractivity contribution in [3.63, 3.8) is 0 Å². The minimum atomic E-state index is -0.366. The number of rotatable bonds is 0. The van der Waals surface area contributed by atoms with Crippen molar-refractivity contribution in [2.75, 3.05) is 0 Å². The summed E-state index contributed by atoms with van der Waals surface area (Å²) in [6.07, 6.45) is 0. The largest absolute Gasteiger partial charge is 0.506 e. The Labute approximate surface area is 140 Å². The standard InChI is InChI=1S/C18H11ClN2O3/c1-9(22)20-12-7-4-5-10-14(12)17(23)15(19)18-16(10)21-11-6-2-3-8-13(11)24-18/h2-8,23H,1H3. The lowest BCUT2D eigenvalue weighted by molar-refractivity contribution is -0.116. The van der Waals surface area contributed by atoms with E-state index in [0.29, 0.717) is 38.3 Å². The van der Waals surface area contributed by atoms with Gasteiger partial charge >= 0.3 is 0 Å². The lowest BCUT2D eigenvalue weighted by Crippen LogP contribution is -2.06. The van der Waals surface area contributed by atoms with Gasteiger partial charge in [0.15, 0.2) is 11.2 Å². The molecule has 0 aliphatic carbocycles. The van der Waals surface area contributed by atoms with Gasteiger partial charge in [-0.05, 0) is 18.2 Å². The van der Waals surface area contributed by atoms with E-state index in [1.54, 1.807) is 24.3 Å². The van der Waals surface area contributed by atoms with Crippen molar-refractivity contribution in [2.45, 2.75) is 6.92 Å². The summed E-state index contributed by atoms with van der Waals surface area (Å²) in [5.41, 5.74) is 2.03. The Hall–Kier alpha value is -2.92. The van der Waals surface area contributed by atoms with Gasteiger partial charge in [0.25, 0.3) is 0 Å². The van der Waals surface area contributed by atoms with Gasteiger partial charge in [0.1, 0.15) is 21.8 Å². The molecule has 3 aromatic carbocycles. The molecule has 0 fully saturated rings. The van der Waals surface area contributed by atoms with Gasteiger partial charge in [-0.3, -0.25) is 4.79 Å². The Morgan fingerprint density at radius 1 is 1.21 bits per heavy atom. The lowest BCUT2D eigenvalue weighted by Gasteiger charge is -2.09. The maximum absolute atomic E-state index is 11.4. The van der Waals surface area contributed by atoms with Gasteiger partial charge < -0.3 is 9.52 Å². The van der Waals surface area contributed by atoms with E-state index >= 15 is 0 Å². The minimum Gasteiger partial charge on any atom is -0.506 e. The second kappa shape index (κ2) is 5.32. The molecule has 0 saturated heterocycles. The van der Waals surface area contributed by atoms with Crippen LogP contribution < -0.4 is 5.36 Å². The first kappa shape index (κ1) is 14.7. The number of nitrogens with zero attached hydrogens (tertiary/aromatic N) is 2. The van der Waals surface area contributed by atoms with Crippen LogP contribution in [-0.2, 0) is 4.79 Å². The Balaban J connectivity index is 2.30. The Kier molecular flexibility index (Phi) is 3.25. The second-order valence-corrected chi connectivity index (χ2v) is 5.73. The van der Waals surface area contributed by atoms with Crippen LogP contribution in [0.25, 0.3) is 33.0 Å². The molecule has 0 radical (unpaired) electrons. The number of hydrogen-bond donors (Lipinski definition) is 1. The fourth-order valence-corrected chi connectivity index (χ4v) is 2.99. The third-order valence-electron chi connectivity index (χ3n) is 3.74. The number of amides is 1. The molecule has 1 N–H and O–H groups in total. The molecule has 0 aliphatic heterocycles. The number of hydrogen-bond acceptors (Lipinski definition) is 4. The van der Waals surface area contributed by atoms with Gasteiger partial charge in [0, 0.05) is 12.3 Å². The van der Waals surface area contributed by atoms with Crippen LogP contribution in [0.3, 0.4) is 0 Å². The van der Waals surface area contributed by atoms with Gasteiger partial charge in [-0.1, -0.05) is 35.9 Å². The van der Waals surface area contributed by atoms with Crippen molar-refractivity contribution in [1.29, 1.82) is 0 Å². The maximum Gasteiger partial charge on any atom is 0.243 e. The molecule has 118 valence electrons. The van der Waals surface area contributed by atoms with Gasteiger partial charge in [-0.2, -0.15) is 0 Å². The predicted octanol–water partition coefficient (Wildman–Crippen LogP) is 3.94. The molecule has 1 amide bonds. The van der Waals surface area contributed by atoms with E-state index in [1.807, 2.05) is 18.2 Å². The van der Waals surface area contributed by atoms with Crippen molar-refractivity contribution in [3.05, 3.63) is 52.8 Å². The number of fused-ring (bicyclic) bond motifs is 4. The zero-order valence-corrected chi connectivity index (χ0v) is 13.3. The molecule has 0 aliphatic rings. The number of para-hydroxylation sites is 2. The fraction of sp³-hybridized carbons (Fsp3) is 0.0556. The summed E-state index contributed by atoms with van der Waals surface area (Å²) in [5, 5.41) is 11.9. The molecule has 1 heterocycles. The normalized spacial score (nSPS) is 12.3. The Morgan fingerprint density at radius 3 is 2.79 bits per heavy atom. The summed E-state index contributed by atoms with van der Waals surface area (Å²) in [5.74, 6) is -0.546. The van der Waals surface area contributed by atoms with E-state index in [0.717, 1.165) is 0 Å².